The summed E-state index contributed by atoms with van der Waals surface area (Å²) in [4.78, 5) is 36.8. The molecule has 1 aliphatic rings. The van der Waals surface area contributed by atoms with E-state index in [9.17, 15) is 14.7 Å². The number of carbonyl (C=O) groups is 2. The normalized spacial score (nSPS) is 13.2. The van der Waals surface area contributed by atoms with Crippen LogP contribution in [0.15, 0.2) is 55.1 Å². The molecule has 0 aliphatic heterocycles. The van der Waals surface area contributed by atoms with Crippen molar-refractivity contribution in [3.63, 3.8) is 0 Å². The van der Waals surface area contributed by atoms with E-state index < -0.39 is 5.97 Å². The molecule has 1 amide bonds. The van der Waals surface area contributed by atoms with Gasteiger partial charge in [0.1, 0.15) is 24.2 Å². The molecule has 160 valence electrons. The van der Waals surface area contributed by atoms with E-state index in [2.05, 4.69) is 25.4 Å². The van der Waals surface area contributed by atoms with Crippen molar-refractivity contribution in [2.45, 2.75) is 25.8 Å². The summed E-state index contributed by atoms with van der Waals surface area (Å²) >= 11 is 0. The second-order valence-electron chi connectivity index (χ2n) is 7.55. The number of benzene rings is 1. The fourth-order valence-corrected chi connectivity index (χ4v) is 3.40. The Morgan fingerprint density at radius 3 is 2.66 bits per heavy atom. The van der Waals surface area contributed by atoms with E-state index in [1.54, 1.807) is 60.3 Å². The van der Waals surface area contributed by atoms with Crippen LogP contribution in [0.1, 0.15) is 45.4 Å². The molecule has 1 aliphatic carbocycles. The number of carbonyl (C=O) groups excluding carboxylic acids is 1. The predicted molar refractivity (Wildman–Crippen MR) is 115 cm³/mol. The van der Waals surface area contributed by atoms with Crippen LogP contribution in [0.25, 0.3) is 17.2 Å². The van der Waals surface area contributed by atoms with E-state index in [0.717, 1.165) is 12.8 Å². The molecule has 0 radical (unpaired) electrons. The number of nitrogens with zero attached hydrogens (tertiary/aromatic N) is 6. The molecule has 2 N–H and O–H groups in total. The number of hydrogen-bond donors (Lipinski definition) is 2. The van der Waals surface area contributed by atoms with Gasteiger partial charge in [-0.1, -0.05) is 12.1 Å². The molecule has 1 saturated carbocycles. The van der Waals surface area contributed by atoms with Gasteiger partial charge in [-0.05, 0) is 50.1 Å². The third kappa shape index (κ3) is 3.73. The van der Waals surface area contributed by atoms with Gasteiger partial charge in [0, 0.05) is 11.3 Å². The molecule has 32 heavy (non-hydrogen) atoms. The minimum absolute atomic E-state index is 0.0291. The van der Waals surface area contributed by atoms with E-state index in [1.165, 1.54) is 6.33 Å². The lowest BCUT2D eigenvalue weighted by molar-refractivity contribution is 0.0690. The minimum Gasteiger partial charge on any atom is -0.476 e. The van der Waals surface area contributed by atoms with E-state index in [1.807, 2.05) is 4.68 Å². The molecule has 3 heterocycles. The van der Waals surface area contributed by atoms with Gasteiger partial charge in [0.25, 0.3) is 5.91 Å². The first-order chi connectivity index (χ1) is 15.5. The van der Waals surface area contributed by atoms with Gasteiger partial charge in [0.05, 0.1) is 11.7 Å². The van der Waals surface area contributed by atoms with Crippen molar-refractivity contribution >= 4 is 17.7 Å². The number of anilines is 1. The molecule has 5 rings (SSSR count). The second kappa shape index (κ2) is 7.73. The van der Waals surface area contributed by atoms with Gasteiger partial charge < -0.3 is 15.0 Å². The van der Waals surface area contributed by atoms with Crippen LogP contribution in [0.3, 0.4) is 0 Å². The van der Waals surface area contributed by atoms with Crippen molar-refractivity contribution in [3.05, 3.63) is 72.1 Å². The summed E-state index contributed by atoms with van der Waals surface area (Å²) in [6.45, 7) is 1.66. The molecule has 4 aromatic rings. The summed E-state index contributed by atoms with van der Waals surface area (Å²) in [5, 5.41) is 16.5. The molecule has 1 fully saturated rings. The SMILES string of the molecule is Cc1c(C(=O)O)ncn1-c1cccc(C(=O)Nc2cccc(-c3ncn(C4CC4)n3)n2)c1. The molecule has 0 atom stereocenters. The average Bonchev–Trinajstić information content (AvgIpc) is 3.38. The number of carboxylic acids is 1. The summed E-state index contributed by atoms with van der Waals surface area (Å²) < 4.78 is 3.47. The topological polar surface area (TPSA) is 128 Å². The molecular formula is C22H19N7O3. The Morgan fingerprint density at radius 1 is 1.09 bits per heavy atom. The first-order valence-corrected chi connectivity index (χ1v) is 10.1. The van der Waals surface area contributed by atoms with Gasteiger partial charge in [-0.25, -0.2) is 24.4 Å². The third-order valence-electron chi connectivity index (χ3n) is 5.24. The first kappa shape index (κ1) is 19.6. The first-order valence-electron chi connectivity index (χ1n) is 10.1. The molecule has 0 spiro atoms. The molecule has 0 bridgehead atoms. The quantitative estimate of drug-likeness (QED) is 0.482. The smallest absolute Gasteiger partial charge is 0.356 e. The highest BCUT2D eigenvalue weighted by Crippen LogP contribution is 2.34. The van der Waals surface area contributed by atoms with Crippen LogP contribution in [-0.2, 0) is 0 Å². The number of rotatable bonds is 6. The zero-order valence-electron chi connectivity index (χ0n) is 17.1. The number of carboxylic acid groups (broad SMARTS) is 1. The van der Waals surface area contributed by atoms with Crippen LogP contribution in [-0.4, -0.2) is 46.3 Å². The van der Waals surface area contributed by atoms with Crippen molar-refractivity contribution in [2.75, 3.05) is 5.32 Å². The molecule has 0 saturated heterocycles. The number of hydrogen-bond acceptors (Lipinski definition) is 6. The highest BCUT2D eigenvalue weighted by Gasteiger charge is 2.25. The third-order valence-corrected chi connectivity index (χ3v) is 5.24. The Labute approximate surface area is 182 Å². The van der Waals surface area contributed by atoms with Gasteiger partial charge in [0.2, 0.25) is 0 Å². The Kier molecular flexibility index (Phi) is 4.74. The number of imidazole rings is 1. The Morgan fingerprint density at radius 2 is 1.91 bits per heavy atom. The lowest BCUT2D eigenvalue weighted by atomic mass is 10.2. The molecule has 10 nitrogen and oxygen atoms in total. The lowest BCUT2D eigenvalue weighted by Crippen LogP contribution is -2.13. The maximum Gasteiger partial charge on any atom is 0.356 e. The molecular weight excluding hydrogens is 410 g/mol. The van der Waals surface area contributed by atoms with Crippen molar-refractivity contribution < 1.29 is 14.7 Å². The molecule has 1 aromatic carbocycles. The minimum atomic E-state index is -1.10. The lowest BCUT2D eigenvalue weighted by Gasteiger charge is -2.09. The van der Waals surface area contributed by atoms with E-state index in [4.69, 9.17) is 0 Å². The van der Waals surface area contributed by atoms with Crippen LogP contribution in [0.4, 0.5) is 5.82 Å². The Hall–Kier alpha value is -4.34. The highest BCUT2D eigenvalue weighted by atomic mass is 16.4. The van der Waals surface area contributed by atoms with Gasteiger partial charge in [-0.2, -0.15) is 0 Å². The largest absolute Gasteiger partial charge is 0.476 e. The fourth-order valence-electron chi connectivity index (χ4n) is 3.40. The maximum atomic E-state index is 12.8. The van der Waals surface area contributed by atoms with Crippen LogP contribution >= 0.6 is 0 Å². The molecule has 3 aromatic heterocycles. The summed E-state index contributed by atoms with van der Waals surface area (Å²) in [6.07, 6.45) is 5.36. The van der Waals surface area contributed by atoms with Crippen LogP contribution < -0.4 is 5.32 Å². The van der Waals surface area contributed by atoms with Crippen LogP contribution in [0, 0.1) is 6.92 Å². The van der Waals surface area contributed by atoms with Crippen molar-refractivity contribution in [1.82, 2.24) is 29.3 Å². The van der Waals surface area contributed by atoms with E-state index >= 15 is 0 Å². The maximum absolute atomic E-state index is 12.8. The number of nitrogens with one attached hydrogen (secondary N) is 1. The fraction of sp³-hybridized carbons (Fsp3) is 0.182. The van der Waals surface area contributed by atoms with E-state index in [0.29, 0.717) is 40.3 Å². The van der Waals surface area contributed by atoms with Crippen molar-refractivity contribution in [3.8, 4) is 17.2 Å². The zero-order chi connectivity index (χ0) is 22.2. The predicted octanol–water partition coefficient (Wildman–Crippen LogP) is 3.12. The van der Waals surface area contributed by atoms with Crippen LogP contribution in [0.2, 0.25) is 0 Å². The van der Waals surface area contributed by atoms with Crippen molar-refractivity contribution in [1.29, 1.82) is 0 Å². The van der Waals surface area contributed by atoms with Crippen LogP contribution in [0.5, 0.6) is 0 Å². The van der Waals surface area contributed by atoms with E-state index in [-0.39, 0.29) is 11.6 Å². The summed E-state index contributed by atoms with van der Waals surface area (Å²) in [6, 6.07) is 12.5. The standard InChI is InChI=1S/C22H19N7O3/c1-13-19(22(31)32)23-11-28(13)16-5-2-4-14(10-16)21(30)26-18-7-3-6-17(25-18)20-24-12-29(27-20)15-8-9-15/h2-7,10-12,15H,8-9H2,1H3,(H,31,32)(H,25,26,30). The molecule has 0 unspecified atom stereocenters. The summed E-state index contributed by atoms with van der Waals surface area (Å²) in [5.74, 6) is -0.547. The second-order valence-corrected chi connectivity index (χ2v) is 7.55. The number of pyridine rings is 1. The van der Waals surface area contributed by atoms with Gasteiger partial charge in [-0.15, -0.1) is 5.10 Å². The summed E-state index contributed by atoms with van der Waals surface area (Å²) in [5.41, 5.74) is 2.05. The van der Waals surface area contributed by atoms with Gasteiger partial charge >= 0.3 is 5.97 Å². The monoisotopic (exact) mass is 429 g/mol. The van der Waals surface area contributed by atoms with Crippen molar-refractivity contribution in [2.24, 2.45) is 0 Å². The number of aromatic nitrogens is 6. The van der Waals surface area contributed by atoms with Gasteiger partial charge in [0.15, 0.2) is 11.5 Å². The van der Waals surface area contributed by atoms with Gasteiger partial charge in [-0.3, -0.25) is 4.79 Å². The zero-order valence-corrected chi connectivity index (χ0v) is 17.1. The Bertz CT molecular complexity index is 1340. The highest BCUT2D eigenvalue weighted by molar-refractivity contribution is 6.04. The average molecular weight is 429 g/mol. The summed E-state index contributed by atoms with van der Waals surface area (Å²) in [7, 11) is 0. The Balaban J connectivity index is 1.36. The number of aromatic carboxylic acids is 1. The number of amides is 1. The molecule has 10 heteroatoms.